The molecule has 0 radical (unpaired) electrons. The third-order valence-electron chi connectivity index (χ3n) is 4.07. The number of ether oxygens (including phenoxy) is 1. The van der Waals surface area contributed by atoms with Crippen LogP contribution in [-0.4, -0.2) is 36.7 Å². The van der Waals surface area contributed by atoms with Gasteiger partial charge in [0.25, 0.3) is 0 Å². The predicted octanol–water partition coefficient (Wildman–Crippen LogP) is 3.11. The Morgan fingerprint density at radius 1 is 1.38 bits per heavy atom. The van der Waals surface area contributed by atoms with Crippen molar-refractivity contribution in [2.75, 3.05) is 19.7 Å². The number of rotatable bonds is 6. The Hall–Kier alpha value is -0.970. The third-order valence-corrected chi connectivity index (χ3v) is 4.07. The van der Waals surface area contributed by atoms with E-state index in [0.29, 0.717) is 6.10 Å². The smallest absolute Gasteiger partial charge is 0.123 e. The monoisotopic (exact) mass is 294 g/mol. The summed E-state index contributed by atoms with van der Waals surface area (Å²) >= 11 is 0. The fourth-order valence-corrected chi connectivity index (χ4v) is 3.15. The Morgan fingerprint density at radius 3 is 2.71 bits per heavy atom. The Morgan fingerprint density at radius 2 is 2.10 bits per heavy atom. The van der Waals surface area contributed by atoms with Crippen molar-refractivity contribution in [3.8, 4) is 0 Å². The first-order chi connectivity index (χ1) is 10.1. The molecule has 1 aliphatic heterocycles. The van der Waals surface area contributed by atoms with Gasteiger partial charge in [0.15, 0.2) is 0 Å². The topological polar surface area (TPSA) is 38.5 Å². The maximum Gasteiger partial charge on any atom is 0.123 e. The highest BCUT2D eigenvalue weighted by atomic mass is 19.1. The lowest BCUT2D eigenvalue weighted by Crippen LogP contribution is -2.47. The van der Waals surface area contributed by atoms with Gasteiger partial charge >= 0.3 is 0 Å². The summed E-state index contributed by atoms with van der Waals surface area (Å²) in [6, 6.07) is 6.85. The molecule has 1 aliphatic rings. The molecular formula is C17H27FN2O. The molecule has 1 aromatic carbocycles. The normalized spacial score (nSPS) is 23.0. The zero-order valence-corrected chi connectivity index (χ0v) is 13.1. The molecule has 1 heterocycles. The second-order valence-electron chi connectivity index (χ2n) is 5.99. The molecule has 3 nitrogen and oxygen atoms in total. The molecule has 0 amide bonds. The van der Waals surface area contributed by atoms with E-state index in [2.05, 4.69) is 11.8 Å². The van der Waals surface area contributed by atoms with Crippen LogP contribution in [0.25, 0.3) is 0 Å². The van der Waals surface area contributed by atoms with Crippen LogP contribution in [-0.2, 0) is 4.74 Å². The minimum Gasteiger partial charge on any atom is -0.377 e. The van der Waals surface area contributed by atoms with Crippen molar-refractivity contribution in [1.29, 1.82) is 0 Å². The van der Waals surface area contributed by atoms with Crippen molar-refractivity contribution in [1.82, 2.24) is 4.90 Å². The van der Waals surface area contributed by atoms with E-state index in [-0.39, 0.29) is 17.9 Å². The molecule has 0 aromatic heterocycles. The number of nitrogens with zero attached hydrogens (tertiary/aromatic N) is 1. The first-order valence-electron chi connectivity index (χ1n) is 7.98. The largest absolute Gasteiger partial charge is 0.377 e. The van der Waals surface area contributed by atoms with Crippen LogP contribution in [0.2, 0.25) is 0 Å². The van der Waals surface area contributed by atoms with E-state index in [1.807, 2.05) is 19.1 Å². The van der Waals surface area contributed by atoms with Crippen LogP contribution in [0, 0.1) is 5.82 Å². The molecule has 0 aliphatic carbocycles. The molecule has 3 atom stereocenters. The van der Waals surface area contributed by atoms with Crippen LogP contribution in [0.5, 0.6) is 0 Å². The molecule has 0 spiro atoms. The Balaban J connectivity index is 2.08. The minimum absolute atomic E-state index is 0.000358. The van der Waals surface area contributed by atoms with Crippen LogP contribution in [0.4, 0.5) is 4.39 Å². The van der Waals surface area contributed by atoms with Crippen molar-refractivity contribution in [3.63, 3.8) is 0 Å². The van der Waals surface area contributed by atoms with E-state index in [1.54, 1.807) is 0 Å². The van der Waals surface area contributed by atoms with Crippen molar-refractivity contribution >= 4 is 0 Å². The summed E-state index contributed by atoms with van der Waals surface area (Å²) in [7, 11) is 0. The molecule has 1 aromatic rings. The summed E-state index contributed by atoms with van der Waals surface area (Å²) in [6.45, 7) is 6.89. The van der Waals surface area contributed by atoms with Crippen LogP contribution in [0.15, 0.2) is 24.3 Å². The lowest BCUT2D eigenvalue weighted by atomic mass is 9.96. The van der Waals surface area contributed by atoms with Gasteiger partial charge in [-0.05, 0) is 50.4 Å². The fourth-order valence-electron chi connectivity index (χ4n) is 3.15. The molecule has 118 valence electrons. The van der Waals surface area contributed by atoms with E-state index in [9.17, 15) is 4.39 Å². The number of hydrogen-bond acceptors (Lipinski definition) is 3. The molecule has 0 bridgehead atoms. The van der Waals surface area contributed by atoms with Gasteiger partial charge in [-0.25, -0.2) is 4.39 Å². The summed E-state index contributed by atoms with van der Waals surface area (Å²) < 4.78 is 19.0. The van der Waals surface area contributed by atoms with Gasteiger partial charge in [0.05, 0.1) is 6.10 Å². The van der Waals surface area contributed by atoms with Gasteiger partial charge in [0.1, 0.15) is 5.82 Å². The molecule has 0 saturated carbocycles. The molecule has 2 rings (SSSR count). The molecule has 1 fully saturated rings. The summed E-state index contributed by atoms with van der Waals surface area (Å²) in [5.41, 5.74) is 7.29. The summed E-state index contributed by atoms with van der Waals surface area (Å²) in [5.74, 6) is -0.204. The fraction of sp³-hybridized carbons (Fsp3) is 0.647. The second-order valence-corrected chi connectivity index (χ2v) is 5.99. The van der Waals surface area contributed by atoms with Gasteiger partial charge in [0.2, 0.25) is 0 Å². The average molecular weight is 294 g/mol. The van der Waals surface area contributed by atoms with Crippen LogP contribution in [0.3, 0.4) is 0 Å². The van der Waals surface area contributed by atoms with Gasteiger partial charge in [-0.2, -0.15) is 0 Å². The lowest BCUT2D eigenvalue weighted by Gasteiger charge is -2.40. The number of benzene rings is 1. The van der Waals surface area contributed by atoms with Crippen LogP contribution in [0.1, 0.15) is 44.7 Å². The highest BCUT2D eigenvalue weighted by molar-refractivity contribution is 5.21. The summed E-state index contributed by atoms with van der Waals surface area (Å²) in [6.07, 6.45) is 3.58. The van der Waals surface area contributed by atoms with E-state index < -0.39 is 0 Å². The Labute approximate surface area is 127 Å². The number of nitrogens with two attached hydrogens (primary N) is 1. The first kappa shape index (κ1) is 16.4. The van der Waals surface area contributed by atoms with Crippen LogP contribution < -0.4 is 5.73 Å². The molecule has 2 N–H and O–H groups in total. The first-order valence-corrected chi connectivity index (χ1v) is 7.98. The average Bonchev–Trinajstić information content (AvgIpc) is 2.47. The highest BCUT2D eigenvalue weighted by Crippen LogP contribution is 2.28. The molecule has 21 heavy (non-hydrogen) atoms. The quantitative estimate of drug-likeness (QED) is 0.876. The van der Waals surface area contributed by atoms with Crippen LogP contribution >= 0.6 is 0 Å². The predicted molar refractivity (Wildman–Crippen MR) is 83.6 cm³/mol. The van der Waals surface area contributed by atoms with E-state index in [0.717, 1.165) is 44.5 Å². The van der Waals surface area contributed by atoms with Crippen molar-refractivity contribution in [2.45, 2.75) is 51.3 Å². The van der Waals surface area contributed by atoms with E-state index >= 15 is 0 Å². The van der Waals surface area contributed by atoms with Gasteiger partial charge in [-0.1, -0.05) is 19.1 Å². The maximum absolute atomic E-state index is 13.1. The Kier molecular flexibility index (Phi) is 6.15. The van der Waals surface area contributed by atoms with Gasteiger partial charge in [-0.3, -0.25) is 4.90 Å². The second kappa shape index (κ2) is 7.87. The SMILES string of the molecule is CCCOC1CCCN(C(c2ccc(F)cc2)C(C)N)C1. The summed E-state index contributed by atoms with van der Waals surface area (Å²) in [4.78, 5) is 2.39. The molecule has 3 unspecified atom stereocenters. The molecule has 1 saturated heterocycles. The van der Waals surface area contributed by atoms with E-state index in [4.69, 9.17) is 10.5 Å². The van der Waals surface area contributed by atoms with Gasteiger partial charge in [-0.15, -0.1) is 0 Å². The third kappa shape index (κ3) is 4.50. The Bertz CT molecular complexity index is 421. The number of halogens is 1. The van der Waals surface area contributed by atoms with E-state index in [1.165, 1.54) is 12.1 Å². The summed E-state index contributed by atoms with van der Waals surface area (Å²) in [5, 5.41) is 0. The van der Waals surface area contributed by atoms with Crippen molar-refractivity contribution in [3.05, 3.63) is 35.6 Å². The van der Waals surface area contributed by atoms with Gasteiger partial charge in [0, 0.05) is 25.2 Å². The highest BCUT2D eigenvalue weighted by Gasteiger charge is 2.29. The molecular weight excluding hydrogens is 267 g/mol. The van der Waals surface area contributed by atoms with Gasteiger partial charge < -0.3 is 10.5 Å². The number of piperidine rings is 1. The zero-order chi connectivity index (χ0) is 15.2. The number of hydrogen-bond donors (Lipinski definition) is 1. The molecule has 4 heteroatoms. The maximum atomic E-state index is 13.1. The van der Waals surface area contributed by atoms with Crippen molar-refractivity contribution < 1.29 is 9.13 Å². The zero-order valence-electron chi connectivity index (χ0n) is 13.1. The minimum atomic E-state index is -0.204. The number of likely N-dealkylation sites (tertiary alicyclic amines) is 1. The van der Waals surface area contributed by atoms with Crippen molar-refractivity contribution in [2.24, 2.45) is 5.73 Å². The standard InChI is InChI=1S/C17H27FN2O/c1-3-11-21-16-5-4-10-20(12-16)17(13(2)19)14-6-8-15(18)9-7-14/h6-9,13,16-17H,3-5,10-12,19H2,1-2H3. The lowest BCUT2D eigenvalue weighted by molar-refractivity contribution is -0.0155.